The van der Waals surface area contributed by atoms with Crippen molar-refractivity contribution in [3.63, 3.8) is 0 Å². The average Bonchev–Trinajstić information content (AvgIpc) is 2.73. The van der Waals surface area contributed by atoms with Gasteiger partial charge in [-0.25, -0.2) is 0 Å². The Labute approximate surface area is 186 Å². The monoisotopic (exact) mass is 447 g/mol. The molecule has 31 heavy (non-hydrogen) atoms. The fraction of sp³-hybridized carbons (Fsp3) is 0.364. The van der Waals surface area contributed by atoms with Crippen molar-refractivity contribution >= 4 is 29.1 Å². The molecule has 2 aromatic rings. The van der Waals surface area contributed by atoms with E-state index in [2.05, 4.69) is 10.6 Å². The highest BCUT2D eigenvalue weighted by atomic mass is 35.5. The molecule has 0 saturated carbocycles. The number of benzene rings is 2. The van der Waals surface area contributed by atoms with Crippen molar-refractivity contribution in [2.24, 2.45) is 0 Å². The largest absolute Gasteiger partial charge is 0.495 e. The van der Waals surface area contributed by atoms with E-state index in [0.29, 0.717) is 41.2 Å². The topological polar surface area (TPSA) is 89.1 Å². The predicted molar refractivity (Wildman–Crippen MR) is 118 cm³/mol. The summed E-state index contributed by atoms with van der Waals surface area (Å²) in [7, 11) is 3.21. The molecule has 0 fully saturated rings. The predicted octanol–water partition coefficient (Wildman–Crippen LogP) is 2.87. The van der Waals surface area contributed by atoms with Crippen molar-refractivity contribution in [2.75, 3.05) is 45.8 Å². The lowest BCUT2D eigenvalue weighted by Gasteiger charge is -2.22. The lowest BCUT2D eigenvalue weighted by atomic mass is 10.1. The third-order valence-electron chi connectivity index (χ3n) is 4.71. The van der Waals surface area contributed by atoms with Crippen molar-refractivity contribution in [1.29, 1.82) is 0 Å². The minimum Gasteiger partial charge on any atom is -0.495 e. The third-order valence-corrected chi connectivity index (χ3v) is 4.94. The zero-order valence-corrected chi connectivity index (χ0v) is 18.5. The van der Waals surface area contributed by atoms with Crippen molar-refractivity contribution in [2.45, 2.75) is 13.0 Å². The van der Waals surface area contributed by atoms with E-state index in [-0.39, 0.29) is 30.9 Å². The first kappa shape index (κ1) is 22.7. The molecule has 0 aromatic heterocycles. The summed E-state index contributed by atoms with van der Waals surface area (Å²) in [4.78, 5) is 26.4. The molecule has 8 nitrogen and oxygen atoms in total. The number of amides is 2. The van der Waals surface area contributed by atoms with Crippen LogP contribution in [0.1, 0.15) is 18.5 Å². The van der Waals surface area contributed by atoms with Crippen molar-refractivity contribution < 1.29 is 23.8 Å². The summed E-state index contributed by atoms with van der Waals surface area (Å²) in [5, 5.41) is 6.17. The minimum atomic E-state index is -0.282. The standard InChI is InChI=1S/C22H26ClN3O5/c1-14(15-4-6-19-20(10-15)31-9-8-30-19)24-21(27)12-26(2)13-22(28)25-17-11-16(23)5-7-18(17)29-3/h4-7,10-11,14H,8-9,12-13H2,1-3H3,(H,24,27)(H,25,28). The quantitative estimate of drug-likeness (QED) is 0.646. The number of halogens is 1. The van der Waals surface area contributed by atoms with E-state index >= 15 is 0 Å². The van der Waals surface area contributed by atoms with Gasteiger partial charge in [0.05, 0.1) is 31.9 Å². The van der Waals surface area contributed by atoms with Crippen LogP contribution < -0.4 is 24.8 Å². The molecule has 9 heteroatoms. The number of hydrogen-bond acceptors (Lipinski definition) is 6. The van der Waals surface area contributed by atoms with Crippen LogP contribution in [0.25, 0.3) is 0 Å². The molecule has 0 bridgehead atoms. The Bertz CT molecular complexity index is 953. The zero-order chi connectivity index (χ0) is 22.4. The molecule has 1 heterocycles. The molecule has 0 saturated heterocycles. The molecule has 166 valence electrons. The molecule has 0 spiro atoms. The van der Waals surface area contributed by atoms with E-state index in [1.54, 1.807) is 30.1 Å². The lowest BCUT2D eigenvalue weighted by molar-refractivity contribution is -0.123. The van der Waals surface area contributed by atoms with Gasteiger partial charge < -0.3 is 24.8 Å². The number of ether oxygens (including phenoxy) is 3. The number of carbonyl (C=O) groups is 2. The molecule has 1 unspecified atom stereocenters. The fourth-order valence-corrected chi connectivity index (χ4v) is 3.39. The van der Waals surface area contributed by atoms with Gasteiger partial charge in [0, 0.05) is 5.02 Å². The number of fused-ring (bicyclic) bond motifs is 1. The Balaban J connectivity index is 1.50. The molecule has 2 N–H and O–H groups in total. The van der Waals surface area contributed by atoms with Gasteiger partial charge in [-0.1, -0.05) is 17.7 Å². The van der Waals surface area contributed by atoms with Crippen LogP contribution in [0.15, 0.2) is 36.4 Å². The van der Waals surface area contributed by atoms with Crippen molar-refractivity contribution in [1.82, 2.24) is 10.2 Å². The molecule has 2 amide bonds. The average molecular weight is 448 g/mol. The van der Waals surface area contributed by atoms with Crippen LogP contribution in [-0.4, -0.2) is 57.2 Å². The van der Waals surface area contributed by atoms with Gasteiger partial charge in [0.15, 0.2) is 11.5 Å². The lowest BCUT2D eigenvalue weighted by Crippen LogP contribution is -2.39. The summed E-state index contributed by atoms with van der Waals surface area (Å²) in [6.45, 7) is 3.02. The number of methoxy groups -OCH3 is 1. The highest BCUT2D eigenvalue weighted by molar-refractivity contribution is 6.31. The number of nitrogens with zero attached hydrogens (tertiary/aromatic N) is 1. The number of rotatable bonds is 8. The highest BCUT2D eigenvalue weighted by Crippen LogP contribution is 2.32. The molecule has 2 aromatic carbocycles. The molecule has 0 aliphatic carbocycles. The van der Waals surface area contributed by atoms with E-state index in [0.717, 1.165) is 5.56 Å². The van der Waals surface area contributed by atoms with E-state index in [1.807, 2.05) is 25.1 Å². The number of carbonyl (C=O) groups excluding carboxylic acids is 2. The molecule has 1 atom stereocenters. The first-order valence-corrected chi connectivity index (χ1v) is 10.2. The number of likely N-dealkylation sites (N-methyl/N-ethyl adjacent to an activating group) is 1. The minimum absolute atomic E-state index is 0.0293. The second kappa shape index (κ2) is 10.4. The summed E-state index contributed by atoms with van der Waals surface area (Å²) in [5.41, 5.74) is 1.39. The Morgan fingerprint density at radius 1 is 1.10 bits per heavy atom. The van der Waals surface area contributed by atoms with E-state index in [4.69, 9.17) is 25.8 Å². The van der Waals surface area contributed by atoms with Crippen LogP contribution in [0.3, 0.4) is 0 Å². The number of anilines is 1. The van der Waals surface area contributed by atoms with E-state index < -0.39 is 0 Å². The second-order valence-corrected chi connectivity index (χ2v) is 7.69. The normalized spacial score (nSPS) is 13.5. The first-order valence-electron chi connectivity index (χ1n) is 9.86. The summed E-state index contributed by atoms with van der Waals surface area (Å²) < 4.78 is 16.3. The second-order valence-electron chi connectivity index (χ2n) is 7.26. The van der Waals surface area contributed by atoms with Crippen LogP contribution in [0.4, 0.5) is 5.69 Å². The van der Waals surface area contributed by atoms with Gasteiger partial charge >= 0.3 is 0 Å². The summed E-state index contributed by atoms with van der Waals surface area (Å²) >= 11 is 5.98. The maximum absolute atomic E-state index is 12.4. The maximum Gasteiger partial charge on any atom is 0.238 e. The van der Waals surface area contributed by atoms with Crippen molar-refractivity contribution in [3.05, 3.63) is 47.0 Å². The van der Waals surface area contributed by atoms with Gasteiger partial charge in [0.25, 0.3) is 0 Å². The molecule has 3 rings (SSSR count). The molecule has 0 radical (unpaired) electrons. The SMILES string of the molecule is COc1ccc(Cl)cc1NC(=O)CN(C)CC(=O)NC(C)c1ccc2c(c1)OCCO2. The van der Waals surface area contributed by atoms with Crippen LogP contribution in [0, 0.1) is 0 Å². The summed E-state index contributed by atoms with van der Waals surface area (Å²) in [6.07, 6.45) is 0. The molecule has 1 aliphatic heterocycles. The smallest absolute Gasteiger partial charge is 0.238 e. The van der Waals surface area contributed by atoms with Crippen LogP contribution in [0.5, 0.6) is 17.2 Å². The van der Waals surface area contributed by atoms with Crippen LogP contribution in [0.2, 0.25) is 5.02 Å². The van der Waals surface area contributed by atoms with Gasteiger partial charge in [-0.05, 0) is 49.9 Å². The fourth-order valence-electron chi connectivity index (χ4n) is 3.21. The molecule has 1 aliphatic rings. The van der Waals surface area contributed by atoms with E-state index in [1.165, 1.54) is 7.11 Å². The Kier molecular flexibility index (Phi) is 7.59. The molecular weight excluding hydrogens is 422 g/mol. The van der Waals surface area contributed by atoms with Crippen LogP contribution >= 0.6 is 11.6 Å². The summed E-state index contributed by atoms with van der Waals surface area (Å²) in [6, 6.07) is 10.3. The maximum atomic E-state index is 12.4. The number of hydrogen-bond donors (Lipinski definition) is 2. The van der Waals surface area contributed by atoms with Crippen molar-refractivity contribution in [3.8, 4) is 17.2 Å². The van der Waals surface area contributed by atoms with Gasteiger partial charge in [0.1, 0.15) is 19.0 Å². The zero-order valence-electron chi connectivity index (χ0n) is 17.7. The van der Waals surface area contributed by atoms with Gasteiger partial charge in [-0.15, -0.1) is 0 Å². The third kappa shape index (κ3) is 6.26. The summed E-state index contributed by atoms with van der Waals surface area (Å²) in [5.74, 6) is 1.41. The Morgan fingerprint density at radius 2 is 1.81 bits per heavy atom. The highest BCUT2D eigenvalue weighted by Gasteiger charge is 2.17. The Hall–Kier alpha value is -2.97. The van der Waals surface area contributed by atoms with Gasteiger partial charge in [-0.3, -0.25) is 14.5 Å². The number of nitrogens with one attached hydrogen (secondary N) is 2. The first-order chi connectivity index (χ1) is 14.9. The molecular formula is C22H26ClN3O5. The van der Waals surface area contributed by atoms with Gasteiger partial charge in [-0.2, -0.15) is 0 Å². The Morgan fingerprint density at radius 3 is 2.55 bits per heavy atom. The van der Waals surface area contributed by atoms with Crippen LogP contribution in [-0.2, 0) is 9.59 Å². The van der Waals surface area contributed by atoms with E-state index in [9.17, 15) is 9.59 Å². The van der Waals surface area contributed by atoms with Gasteiger partial charge in [0.2, 0.25) is 11.8 Å².